The lowest BCUT2D eigenvalue weighted by Crippen LogP contribution is -2.54. The van der Waals surface area contributed by atoms with Gasteiger partial charge in [-0.1, -0.05) is 25.5 Å². The van der Waals surface area contributed by atoms with Crippen molar-refractivity contribution < 1.29 is 18.7 Å². The molecule has 0 saturated heterocycles. The van der Waals surface area contributed by atoms with Crippen molar-refractivity contribution in [1.29, 1.82) is 0 Å². The number of alkyl halides is 1. The van der Waals surface area contributed by atoms with E-state index in [-0.39, 0.29) is 34.7 Å². The number of allylic oxidation sites excluding steroid dienone is 1. The van der Waals surface area contributed by atoms with E-state index in [1.54, 1.807) is 0 Å². The van der Waals surface area contributed by atoms with Crippen LogP contribution in [0.3, 0.4) is 0 Å². The van der Waals surface area contributed by atoms with Gasteiger partial charge in [-0.15, -0.1) is 0 Å². The summed E-state index contributed by atoms with van der Waals surface area (Å²) in [6, 6.07) is 0. The molecule has 0 amide bonds. The standard InChI is InChI=1S/C21H29FO3/c1-12(23)25-14-6-8-20(2)13(10-14)11-17(22)19-15-4-5-18(24)21(15,3)9-7-16(19)20/h11,14-17,19H,4-10H2,1-3H3/t14-,15?,16?,17?,19?,20-,21-/m0/s1. The van der Waals surface area contributed by atoms with Crippen LogP contribution in [-0.2, 0) is 14.3 Å². The maximum absolute atomic E-state index is 15.3. The normalized spacial score (nSPS) is 48.9. The molecule has 0 N–H and O–H groups in total. The molecule has 3 saturated carbocycles. The van der Waals surface area contributed by atoms with Crippen molar-refractivity contribution in [3.8, 4) is 0 Å². The molecule has 7 atom stereocenters. The third-order valence-electron chi connectivity index (χ3n) is 8.09. The van der Waals surface area contributed by atoms with E-state index < -0.39 is 6.17 Å². The number of Topliss-reactive ketones (excluding diaryl/α,β-unsaturated/α-hetero) is 1. The molecule has 4 heteroatoms. The van der Waals surface area contributed by atoms with Crippen LogP contribution in [0.5, 0.6) is 0 Å². The van der Waals surface area contributed by atoms with Gasteiger partial charge < -0.3 is 4.74 Å². The smallest absolute Gasteiger partial charge is 0.302 e. The summed E-state index contributed by atoms with van der Waals surface area (Å²) in [4.78, 5) is 23.7. The Morgan fingerprint density at radius 2 is 1.84 bits per heavy atom. The molecule has 0 bridgehead atoms. The van der Waals surface area contributed by atoms with Crippen molar-refractivity contribution in [3.05, 3.63) is 11.6 Å². The van der Waals surface area contributed by atoms with Gasteiger partial charge in [0.05, 0.1) is 0 Å². The van der Waals surface area contributed by atoms with Gasteiger partial charge in [0.2, 0.25) is 0 Å². The molecule has 0 radical (unpaired) electrons. The first-order valence-corrected chi connectivity index (χ1v) is 9.81. The van der Waals surface area contributed by atoms with E-state index in [1.165, 1.54) is 6.92 Å². The van der Waals surface area contributed by atoms with Crippen LogP contribution >= 0.6 is 0 Å². The fraction of sp³-hybridized carbons (Fsp3) is 0.810. The highest BCUT2D eigenvalue weighted by molar-refractivity contribution is 5.87. The Labute approximate surface area is 149 Å². The average molecular weight is 348 g/mol. The van der Waals surface area contributed by atoms with Gasteiger partial charge in [-0.3, -0.25) is 9.59 Å². The Balaban J connectivity index is 1.65. The van der Waals surface area contributed by atoms with Crippen LogP contribution in [0.1, 0.15) is 65.7 Å². The first kappa shape index (κ1) is 17.2. The Bertz CT molecular complexity index is 641. The van der Waals surface area contributed by atoms with Crippen molar-refractivity contribution in [1.82, 2.24) is 0 Å². The summed E-state index contributed by atoms with van der Waals surface area (Å²) in [6.07, 6.45) is 6.53. The van der Waals surface area contributed by atoms with Crippen LogP contribution in [0, 0.1) is 28.6 Å². The Morgan fingerprint density at radius 3 is 2.56 bits per heavy atom. The third-order valence-corrected chi connectivity index (χ3v) is 8.09. The number of ether oxygens (including phenoxy) is 1. The summed E-state index contributed by atoms with van der Waals surface area (Å²) in [5, 5.41) is 0. The molecule has 4 aliphatic carbocycles. The monoisotopic (exact) mass is 348 g/mol. The number of ketones is 1. The number of hydrogen-bond acceptors (Lipinski definition) is 3. The molecule has 4 unspecified atom stereocenters. The average Bonchev–Trinajstić information content (AvgIpc) is 2.84. The van der Waals surface area contributed by atoms with Gasteiger partial charge in [0, 0.05) is 31.1 Å². The summed E-state index contributed by atoms with van der Waals surface area (Å²) >= 11 is 0. The highest BCUT2D eigenvalue weighted by Gasteiger charge is 2.61. The molecule has 0 heterocycles. The third kappa shape index (κ3) is 2.43. The first-order chi connectivity index (χ1) is 11.8. The predicted molar refractivity (Wildman–Crippen MR) is 92.5 cm³/mol. The number of esters is 1. The van der Waals surface area contributed by atoms with Crippen LogP contribution in [0.25, 0.3) is 0 Å². The molecule has 0 aromatic carbocycles. The molecular weight excluding hydrogens is 319 g/mol. The van der Waals surface area contributed by atoms with Gasteiger partial charge in [0.25, 0.3) is 0 Å². The molecule has 4 rings (SSSR count). The van der Waals surface area contributed by atoms with Crippen molar-refractivity contribution in [2.45, 2.75) is 78.0 Å². The van der Waals surface area contributed by atoms with Gasteiger partial charge in [-0.05, 0) is 49.4 Å². The lowest BCUT2D eigenvalue weighted by Gasteiger charge is -2.57. The number of rotatable bonds is 1. The number of hydrogen-bond donors (Lipinski definition) is 0. The lowest BCUT2D eigenvalue weighted by atomic mass is 9.47. The van der Waals surface area contributed by atoms with Crippen LogP contribution in [0.2, 0.25) is 0 Å². The molecule has 0 spiro atoms. The van der Waals surface area contributed by atoms with Gasteiger partial charge in [-0.25, -0.2) is 4.39 Å². The predicted octanol–water partition coefficient (Wildman–Crippen LogP) is 4.40. The molecule has 3 fully saturated rings. The van der Waals surface area contributed by atoms with Gasteiger partial charge >= 0.3 is 5.97 Å². The second kappa shape index (κ2) is 5.65. The lowest BCUT2D eigenvalue weighted by molar-refractivity contribution is -0.149. The maximum atomic E-state index is 15.3. The summed E-state index contributed by atoms with van der Waals surface area (Å²) in [6.45, 7) is 5.80. The number of fused-ring (bicyclic) bond motifs is 5. The van der Waals surface area contributed by atoms with Crippen LogP contribution in [0.4, 0.5) is 4.39 Å². The second-order valence-electron chi connectivity index (χ2n) is 9.24. The molecule has 25 heavy (non-hydrogen) atoms. The Kier molecular flexibility index (Phi) is 3.90. The number of halogens is 1. The fourth-order valence-corrected chi connectivity index (χ4v) is 6.68. The molecule has 4 aliphatic rings. The van der Waals surface area contributed by atoms with Crippen LogP contribution in [-0.4, -0.2) is 24.0 Å². The molecule has 0 aliphatic heterocycles. The minimum Gasteiger partial charge on any atom is -0.462 e. The highest BCUT2D eigenvalue weighted by atomic mass is 19.1. The van der Waals surface area contributed by atoms with Gasteiger partial charge in [0.15, 0.2) is 0 Å². The molecule has 138 valence electrons. The van der Waals surface area contributed by atoms with E-state index in [4.69, 9.17) is 4.74 Å². The Hall–Kier alpha value is -1.19. The minimum absolute atomic E-state index is 0.00310. The van der Waals surface area contributed by atoms with E-state index in [0.29, 0.717) is 24.5 Å². The fourth-order valence-electron chi connectivity index (χ4n) is 6.68. The molecular formula is C21H29FO3. The zero-order valence-corrected chi connectivity index (χ0v) is 15.5. The molecule has 0 aromatic rings. The summed E-state index contributed by atoms with van der Waals surface area (Å²) in [7, 11) is 0. The summed E-state index contributed by atoms with van der Waals surface area (Å²) < 4.78 is 20.7. The van der Waals surface area contributed by atoms with E-state index in [9.17, 15) is 9.59 Å². The zero-order valence-electron chi connectivity index (χ0n) is 15.5. The topological polar surface area (TPSA) is 43.4 Å². The van der Waals surface area contributed by atoms with Crippen molar-refractivity contribution in [3.63, 3.8) is 0 Å². The zero-order chi connectivity index (χ0) is 18.0. The summed E-state index contributed by atoms with van der Waals surface area (Å²) in [5.41, 5.74) is 0.839. The van der Waals surface area contributed by atoms with E-state index in [1.807, 2.05) is 6.08 Å². The maximum Gasteiger partial charge on any atom is 0.302 e. The van der Waals surface area contributed by atoms with Crippen molar-refractivity contribution >= 4 is 11.8 Å². The van der Waals surface area contributed by atoms with E-state index in [0.717, 1.165) is 37.7 Å². The number of carbonyl (C=O) groups is 2. The van der Waals surface area contributed by atoms with Crippen LogP contribution in [0.15, 0.2) is 11.6 Å². The van der Waals surface area contributed by atoms with Crippen molar-refractivity contribution in [2.75, 3.05) is 0 Å². The summed E-state index contributed by atoms with van der Waals surface area (Å²) in [5.74, 6) is 0.572. The first-order valence-electron chi connectivity index (χ1n) is 9.81. The molecule has 0 aromatic heterocycles. The molecule has 3 nitrogen and oxygen atoms in total. The largest absolute Gasteiger partial charge is 0.462 e. The SMILES string of the molecule is CC(=O)O[C@H]1CC[C@@]2(C)C(=CC(F)C3C2CC[C@]2(C)C(=O)CCC32)C1. The second-order valence-corrected chi connectivity index (χ2v) is 9.24. The Morgan fingerprint density at radius 1 is 1.16 bits per heavy atom. The van der Waals surface area contributed by atoms with E-state index in [2.05, 4.69) is 13.8 Å². The van der Waals surface area contributed by atoms with Gasteiger partial charge in [-0.2, -0.15) is 0 Å². The van der Waals surface area contributed by atoms with Gasteiger partial charge in [0.1, 0.15) is 18.1 Å². The minimum atomic E-state index is -0.973. The van der Waals surface area contributed by atoms with Crippen molar-refractivity contribution in [2.24, 2.45) is 28.6 Å². The quantitative estimate of drug-likeness (QED) is 0.521. The van der Waals surface area contributed by atoms with Crippen LogP contribution < -0.4 is 0 Å². The highest BCUT2D eigenvalue weighted by Crippen LogP contribution is 2.64. The van der Waals surface area contributed by atoms with E-state index >= 15 is 4.39 Å². The number of carbonyl (C=O) groups excluding carboxylic acids is 2.